The van der Waals surface area contributed by atoms with E-state index in [-0.39, 0.29) is 17.1 Å². The first-order chi connectivity index (χ1) is 9.97. The summed E-state index contributed by atoms with van der Waals surface area (Å²) in [6.07, 6.45) is 0. The molecule has 21 heavy (non-hydrogen) atoms. The first-order valence-electron chi connectivity index (χ1n) is 6.18. The normalized spacial score (nSPS) is 11.4. The fourth-order valence-corrected chi connectivity index (χ4v) is 2.36. The SMILES string of the molecule is CC(=O)c1ccc(OC(F)F)c2oc3ccc(N)cc3c12. The third-order valence-electron chi connectivity index (χ3n) is 3.20. The number of furan rings is 1. The van der Waals surface area contributed by atoms with E-state index in [1.54, 1.807) is 18.2 Å². The average molecular weight is 291 g/mol. The number of ketones is 1. The van der Waals surface area contributed by atoms with Gasteiger partial charge in [0, 0.05) is 22.0 Å². The van der Waals surface area contributed by atoms with Gasteiger partial charge in [0.05, 0.1) is 0 Å². The van der Waals surface area contributed by atoms with Crippen molar-refractivity contribution >= 4 is 33.4 Å². The van der Waals surface area contributed by atoms with Crippen LogP contribution in [0.1, 0.15) is 17.3 Å². The Morgan fingerprint density at radius 1 is 1.29 bits per heavy atom. The van der Waals surface area contributed by atoms with Gasteiger partial charge in [-0.2, -0.15) is 8.78 Å². The highest BCUT2D eigenvalue weighted by Crippen LogP contribution is 2.38. The molecule has 108 valence electrons. The minimum atomic E-state index is -2.98. The van der Waals surface area contributed by atoms with Gasteiger partial charge in [-0.3, -0.25) is 4.79 Å². The Labute approximate surface area is 118 Å². The Morgan fingerprint density at radius 2 is 2.05 bits per heavy atom. The number of nitrogen functional groups attached to an aromatic ring is 1. The first-order valence-corrected chi connectivity index (χ1v) is 6.18. The van der Waals surface area contributed by atoms with Gasteiger partial charge in [0.15, 0.2) is 17.1 Å². The van der Waals surface area contributed by atoms with Crippen molar-refractivity contribution in [3.05, 3.63) is 35.9 Å². The fourth-order valence-electron chi connectivity index (χ4n) is 2.36. The number of hydrogen-bond acceptors (Lipinski definition) is 4. The van der Waals surface area contributed by atoms with Crippen LogP contribution in [-0.2, 0) is 0 Å². The molecule has 6 heteroatoms. The first kappa shape index (κ1) is 13.4. The van der Waals surface area contributed by atoms with Crippen molar-refractivity contribution < 1.29 is 22.7 Å². The molecule has 2 N–H and O–H groups in total. The number of alkyl halides is 2. The molecule has 0 aliphatic heterocycles. The molecule has 0 amide bonds. The van der Waals surface area contributed by atoms with Crippen molar-refractivity contribution in [2.24, 2.45) is 0 Å². The molecule has 0 spiro atoms. The molecule has 0 saturated carbocycles. The number of carbonyl (C=O) groups is 1. The molecule has 3 rings (SSSR count). The number of benzene rings is 2. The van der Waals surface area contributed by atoms with Gasteiger partial charge in [-0.05, 0) is 37.3 Å². The van der Waals surface area contributed by atoms with Crippen molar-refractivity contribution in [1.29, 1.82) is 0 Å². The maximum atomic E-state index is 12.5. The van der Waals surface area contributed by atoms with Gasteiger partial charge in [-0.25, -0.2) is 0 Å². The number of carbonyl (C=O) groups excluding carboxylic acids is 1. The van der Waals surface area contributed by atoms with E-state index in [0.29, 0.717) is 27.6 Å². The van der Waals surface area contributed by atoms with Crippen LogP contribution in [-0.4, -0.2) is 12.4 Å². The predicted molar refractivity (Wildman–Crippen MR) is 74.8 cm³/mol. The molecule has 3 aromatic rings. The van der Waals surface area contributed by atoms with Crippen LogP contribution in [0.2, 0.25) is 0 Å². The number of rotatable bonds is 3. The van der Waals surface area contributed by atoms with Crippen LogP contribution in [0.25, 0.3) is 21.9 Å². The Hall–Kier alpha value is -2.63. The topological polar surface area (TPSA) is 65.5 Å². The van der Waals surface area contributed by atoms with Crippen molar-refractivity contribution in [2.45, 2.75) is 13.5 Å². The molecule has 4 nitrogen and oxygen atoms in total. The smallest absolute Gasteiger partial charge is 0.387 e. The zero-order valence-electron chi connectivity index (χ0n) is 11.0. The summed E-state index contributed by atoms with van der Waals surface area (Å²) in [5.41, 5.74) is 7.16. The summed E-state index contributed by atoms with van der Waals surface area (Å²) < 4.78 is 35.0. The van der Waals surface area contributed by atoms with Crippen LogP contribution in [0, 0.1) is 0 Å². The van der Waals surface area contributed by atoms with Crippen LogP contribution < -0.4 is 10.5 Å². The van der Waals surface area contributed by atoms with E-state index in [9.17, 15) is 13.6 Å². The van der Waals surface area contributed by atoms with E-state index in [0.717, 1.165) is 0 Å². The Kier molecular flexibility index (Phi) is 3.01. The minimum absolute atomic E-state index is 0.111. The summed E-state index contributed by atoms with van der Waals surface area (Å²) in [5, 5.41) is 1.03. The van der Waals surface area contributed by atoms with Crippen molar-refractivity contribution in [3.8, 4) is 5.75 Å². The largest absolute Gasteiger partial charge is 0.452 e. The second-order valence-electron chi connectivity index (χ2n) is 4.61. The molecular formula is C15H11F2NO3. The average Bonchev–Trinajstić information content (AvgIpc) is 2.77. The Bertz CT molecular complexity index is 855. The third-order valence-corrected chi connectivity index (χ3v) is 3.20. The quantitative estimate of drug-likeness (QED) is 0.585. The lowest BCUT2D eigenvalue weighted by Gasteiger charge is -2.06. The van der Waals surface area contributed by atoms with Gasteiger partial charge in [-0.15, -0.1) is 0 Å². The highest BCUT2D eigenvalue weighted by Gasteiger charge is 2.19. The number of fused-ring (bicyclic) bond motifs is 3. The molecule has 2 aromatic carbocycles. The predicted octanol–water partition coefficient (Wildman–Crippen LogP) is 3.97. The van der Waals surface area contributed by atoms with Crippen LogP contribution in [0.15, 0.2) is 34.7 Å². The van der Waals surface area contributed by atoms with Gasteiger partial charge >= 0.3 is 6.61 Å². The monoisotopic (exact) mass is 291 g/mol. The van der Waals surface area contributed by atoms with Gasteiger partial charge in [0.2, 0.25) is 0 Å². The third kappa shape index (κ3) is 2.18. The van der Waals surface area contributed by atoms with Gasteiger partial charge in [0.1, 0.15) is 5.58 Å². The molecule has 0 unspecified atom stereocenters. The van der Waals surface area contributed by atoms with E-state index < -0.39 is 6.61 Å². The summed E-state index contributed by atoms with van der Waals surface area (Å²) in [6, 6.07) is 7.64. The van der Waals surface area contributed by atoms with Crippen LogP contribution in [0.5, 0.6) is 5.75 Å². The summed E-state index contributed by atoms with van der Waals surface area (Å²) in [6.45, 7) is -1.58. The lowest BCUT2D eigenvalue weighted by atomic mass is 10.0. The van der Waals surface area contributed by atoms with E-state index in [1.807, 2.05) is 0 Å². The molecule has 0 saturated heterocycles. The molecule has 1 heterocycles. The number of halogens is 2. The molecule has 0 aliphatic rings. The summed E-state index contributed by atoms with van der Waals surface area (Å²) in [7, 11) is 0. The molecule has 1 aromatic heterocycles. The fraction of sp³-hybridized carbons (Fsp3) is 0.133. The lowest BCUT2D eigenvalue weighted by molar-refractivity contribution is -0.0493. The maximum Gasteiger partial charge on any atom is 0.387 e. The van der Waals surface area contributed by atoms with Crippen molar-refractivity contribution in [3.63, 3.8) is 0 Å². The molecule has 0 radical (unpaired) electrons. The molecule has 0 fully saturated rings. The lowest BCUT2D eigenvalue weighted by Crippen LogP contribution is -2.03. The van der Waals surface area contributed by atoms with Crippen molar-refractivity contribution in [2.75, 3.05) is 5.73 Å². The van der Waals surface area contributed by atoms with E-state index in [4.69, 9.17) is 10.2 Å². The highest BCUT2D eigenvalue weighted by atomic mass is 19.3. The summed E-state index contributed by atoms with van der Waals surface area (Å²) in [5.74, 6) is -0.312. The number of anilines is 1. The highest BCUT2D eigenvalue weighted by molar-refractivity contribution is 6.18. The molecular weight excluding hydrogens is 280 g/mol. The standard InChI is InChI=1S/C15H11F2NO3/c1-7(19)9-3-5-12(21-15(16)17)14-13(9)10-6-8(18)2-4-11(10)20-14/h2-6,15H,18H2,1H3. The van der Waals surface area contributed by atoms with Gasteiger partial charge in [0.25, 0.3) is 0 Å². The second kappa shape index (κ2) is 4.73. The Balaban J connectivity index is 2.43. The molecule has 0 bridgehead atoms. The van der Waals surface area contributed by atoms with Crippen LogP contribution in [0.4, 0.5) is 14.5 Å². The van der Waals surface area contributed by atoms with Gasteiger partial charge < -0.3 is 14.9 Å². The minimum Gasteiger partial charge on any atom is -0.452 e. The number of nitrogens with two attached hydrogens (primary N) is 1. The number of hydrogen-bond donors (Lipinski definition) is 1. The van der Waals surface area contributed by atoms with E-state index >= 15 is 0 Å². The number of Topliss-reactive ketones (excluding diaryl/α,β-unsaturated/α-hetero) is 1. The van der Waals surface area contributed by atoms with Crippen LogP contribution in [0.3, 0.4) is 0 Å². The second-order valence-corrected chi connectivity index (χ2v) is 4.61. The summed E-state index contributed by atoms with van der Waals surface area (Å²) in [4.78, 5) is 11.8. The van der Waals surface area contributed by atoms with Gasteiger partial charge in [-0.1, -0.05) is 0 Å². The number of ether oxygens (including phenoxy) is 1. The zero-order chi connectivity index (χ0) is 15.1. The van der Waals surface area contributed by atoms with Crippen LogP contribution >= 0.6 is 0 Å². The summed E-state index contributed by atoms with van der Waals surface area (Å²) >= 11 is 0. The maximum absolute atomic E-state index is 12.5. The van der Waals surface area contributed by atoms with E-state index in [1.165, 1.54) is 19.1 Å². The molecule has 0 atom stereocenters. The zero-order valence-corrected chi connectivity index (χ0v) is 11.0. The van der Waals surface area contributed by atoms with E-state index in [2.05, 4.69) is 4.74 Å². The molecule has 0 aliphatic carbocycles. The Morgan fingerprint density at radius 3 is 2.71 bits per heavy atom. The van der Waals surface area contributed by atoms with Crippen molar-refractivity contribution in [1.82, 2.24) is 0 Å².